The average molecular weight is 470 g/mol. The molecule has 0 radical (unpaired) electrons. The number of benzene rings is 3. The summed E-state index contributed by atoms with van der Waals surface area (Å²) in [6.45, 7) is 0.0564. The second kappa shape index (κ2) is 8.28. The van der Waals surface area contributed by atoms with Crippen molar-refractivity contribution in [1.29, 1.82) is 0 Å². The smallest absolute Gasteiger partial charge is 0.408 e. The molecule has 4 rings (SSSR count). The van der Waals surface area contributed by atoms with Crippen molar-refractivity contribution in [3.8, 4) is 11.1 Å². The SMILES string of the molecule is O=C(NC(C(=O)O)c1ccc(Br)c(F)c1)OCC1c2ccccc2-c2ccccc21. The van der Waals surface area contributed by atoms with Crippen LogP contribution in [0.1, 0.15) is 28.7 Å². The Morgan fingerprint density at radius 2 is 1.63 bits per heavy atom. The summed E-state index contributed by atoms with van der Waals surface area (Å²) in [7, 11) is 0. The summed E-state index contributed by atoms with van der Waals surface area (Å²) in [6.07, 6.45) is -0.882. The molecule has 0 bridgehead atoms. The van der Waals surface area contributed by atoms with Crippen LogP contribution in [0.5, 0.6) is 0 Å². The van der Waals surface area contributed by atoms with Crippen molar-refractivity contribution in [2.24, 2.45) is 0 Å². The van der Waals surface area contributed by atoms with Gasteiger partial charge in [-0.15, -0.1) is 0 Å². The summed E-state index contributed by atoms with van der Waals surface area (Å²) in [5, 5.41) is 11.8. The molecular formula is C23H17BrFNO4. The van der Waals surface area contributed by atoms with Gasteiger partial charge in [0.05, 0.1) is 4.47 Å². The highest BCUT2D eigenvalue weighted by molar-refractivity contribution is 9.10. The van der Waals surface area contributed by atoms with Gasteiger partial charge in [0.15, 0.2) is 6.04 Å². The topological polar surface area (TPSA) is 75.6 Å². The molecule has 0 spiro atoms. The molecule has 1 aliphatic carbocycles. The first-order valence-corrected chi connectivity index (χ1v) is 10.0. The van der Waals surface area contributed by atoms with Gasteiger partial charge in [0.1, 0.15) is 12.4 Å². The first kappa shape index (κ1) is 20.1. The van der Waals surface area contributed by atoms with Crippen LogP contribution in [0.3, 0.4) is 0 Å². The molecule has 1 aliphatic rings. The minimum Gasteiger partial charge on any atom is -0.479 e. The number of ether oxygens (including phenoxy) is 1. The van der Waals surface area contributed by atoms with Gasteiger partial charge in [-0.1, -0.05) is 54.6 Å². The third-order valence-electron chi connectivity index (χ3n) is 5.13. The molecule has 0 fully saturated rings. The molecule has 1 amide bonds. The summed E-state index contributed by atoms with van der Waals surface area (Å²) < 4.78 is 19.4. The first-order valence-electron chi connectivity index (χ1n) is 9.25. The molecule has 0 saturated heterocycles. The van der Waals surface area contributed by atoms with Crippen LogP contribution in [0.4, 0.5) is 9.18 Å². The minimum atomic E-state index is -1.43. The maximum absolute atomic E-state index is 13.8. The number of hydrogen-bond acceptors (Lipinski definition) is 3. The van der Waals surface area contributed by atoms with E-state index in [4.69, 9.17) is 4.74 Å². The van der Waals surface area contributed by atoms with Crippen LogP contribution in [0.2, 0.25) is 0 Å². The fourth-order valence-corrected chi connectivity index (χ4v) is 3.98. The summed E-state index contributed by atoms with van der Waals surface area (Å²) >= 11 is 3.02. The van der Waals surface area contributed by atoms with Crippen molar-refractivity contribution < 1.29 is 23.8 Å². The van der Waals surface area contributed by atoms with Crippen molar-refractivity contribution in [3.05, 3.63) is 93.7 Å². The van der Waals surface area contributed by atoms with Crippen LogP contribution in [-0.2, 0) is 9.53 Å². The number of nitrogens with one attached hydrogen (secondary N) is 1. The lowest BCUT2D eigenvalue weighted by Gasteiger charge is -2.18. The molecule has 1 unspecified atom stereocenters. The van der Waals surface area contributed by atoms with Crippen molar-refractivity contribution in [3.63, 3.8) is 0 Å². The van der Waals surface area contributed by atoms with Gasteiger partial charge in [0, 0.05) is 5.92 Å². The number of halogens is 2. The van der Waals surface area contributed by atoms with Crippen molar-refractivity contribution >= 4 is 28.0 Å². The van der Waals surface area contributed by atoms with Gasteiger partial charge in [0.2, 0.25) is 0 Å². The molecule has 30 heavy (non-hydrogen) atoms. The highest BCUT2D eigenvalue weighted by Gasteiger charge is 2.30. The quantitative estimate of drug-likeness (QED) is 0.534. The normalized spacial score (nSPS) is 13.3. The Bertz CT molecular complexity index is 1090. The monoisotopic (exact) mass is 469 g/mol. The number of carbonyl (C=O) groups excluding carboxylic acids is 1. The highest BCUT2D eigenvalue weighted by Crippen LogP contribution is 2.44. The Balaban J connectivity index is 1.49. The van der Waals surface area contributed by atoms with E-state index in [1.165, 1.54) is 12.1 Å². The molecule has 1 atom stereocenters. The summed E-state index contributed by atoms with van der Waals surface area (Å²) in [6, 6.07) is 18.3. The van der Waals surface area contributed by atoms with E-state index < -0.39 is 23.9 Å². The lowest BCUT2D eigenvalue weighted by Crippen LogP contribution is -2.34. The summed E-state index contributed by atoms with van der Waals surface area (Å²) in [5.74, 6) is -2.07. The van der Waals surface area contributed by atoms with Gasteiger partial charge in [-0.3, -0.25) is 0 Å². The van der Waals surface area contributed by atoms with Gasteiger partial charge < -0.3 is 15.2 Å². The Kier molecular flexibility index (Phi) is 5.55. The average Bonchev–Trinajstić information content (AvgIpc) is 3.06. The lowest BCUT2D eigenvalue weighted by molar-refractivity contribution is -0.139. The molecule has 0 saturated carbocycles. The fourth-order valence-electron chi connectivity index (χ4n) is 3.74. The second-order valence-electron chi connectivity index (χ2n) is 6.91. The molecule has 7 heteroatoms. The van der Waals surface area contributed by atoms with E-state index in [-0.39, 0.29) is 22.6 Å². The number of hydrogen-bond donors (Lipinski definition) is 2. The predicted octanol–water partition coefficient (Wildman–Crippen LogP) is 5.25. The van der Waals surface area contributed by atoms with E-state index in [0.29, 0.717) is 0 Å². The van der Waals surface area contributed by atoms with Gasteiger partial charge in [-0.25, -0.2) is 14.0 Å². The first-order chi connectivity index (χ1) is 14.5. The van der Waals surface area contributed by atoms with Crippen LogP contribution in [0.25, 0.3) is 11.1 Å². The van der Waals surface area contributed by atoms with E-state index in [0.717, 1.165) is 28.3 Å². The third kappa shape index (κ3) is 3.80. The largest absolute Gasteiger partial charge is 0.479 e. The Labute approximate surface area is 180 Å². The number of amides is 1. The van der Waals surface area contributed by atoms with Crippen molar-refractivity contribution in [2.45, 2.75) is 12.0 Å². The van der Waals surface area contributed by atoms with Crippen molar-refractivity contribution in [2.75, 3.05) is 6.61 Å². The zero-order valence-electron chi connectivity index (χ0n) is 15.6. The second-order valence-corrected chi connectivity index (χ2v) is 7.77. The maximum Gasteiger partial charge on any atom is 0.408 e. The van der Waals surface area contributed by atoms with Gasteiger partial charge in [-0.2, -0.15) is 0 Å². The third-order valence-corrected chi connectivity index (χ3v) is 5.77. The molecule has 5 nitrogen and oxygen atoms in total. The number of carboxylic acid groups (broad SMARTS) is 1. The Morgan fingerprint density at radius 1 is 1.03 bits per heavy atom. The van der Waals surface area contributed by atoms with E-state index >= 15 is 0 Å². The highest BCUT2D eigenvalue weighted by atomic mass is 79.9. The minimum absolute atomic E-state index is 0.0564. The van der Waals surface area contributed by atoms with Crippen LogP contribution in [-0.4, -0.2) is 23.8 Å². The predicted molar refractivity (Wildman–Crippen MR) is 113 cm³/mol. The number of fused-ring (bicyclic) bond motifs is 3. The molecule has 152 valence electrons. The van der Waals surface area contributed by atoms with E-state index in [1.807, 2.05) is 48.5 Å². The summed E-state index contributed by atoms with van der Waals surface area (Å²) in [4.78, 5) is 24.0. The fraction of sp³-hybridized carbons (Fsp3) is 0.130. The molecule has 3 aromatic rings. The van der Waals surface area contributed by atoms with Crippen LogP contribution in [0, 0.1) is 5.82 Å². The number of alkyl carbamates (subject to hydrolysis) is 1. The zero-order valence-corrected chi connectivity index (χ0v) is 17.2. The molecule has 0 aromatic heterocycles. The van der Waals surface area contributed by atoms with Gasteiger partial charge in [0.25, 0.3) is 0 Å². The molecule has 3 aromatic carbocycles. The number of carboxylic acids is 1. The molecular weight excluding hydrogens is 453 g/mol. The standard InChI is InChI=1S/C23H17BrFNO4/c24-19-10-9-13(11-20(19)25)21(22(27)28)26-23(29)30-12-18-16-7-3-1-5-14(16)15-6-2-4-8-17(15)18/h1-11,18,21H,12H2,(H,26,29)(H,27,28). The molecule has 0 aliphatic heterocycles. The van der Waals surface area contributed by atoms with E-state index in [9.17, 15) is 19.1 Å². The number of rotatable bonds is 5. The number of aliphatic carboxylic acids is 1. The van der Waals surface area contributed by atoms with E-state index in [1.54, 1.807) is 0 Å². The summed E-state index contributed by atoms with van der Waals surface area (Å²) in [5.41, 5.74) is 4.40. The Morgan fingerprint density at radius 3 is 2.20 bits per heavy atom. The zero-order chi connectivity index (χ0) is 21.3. The van der Waals surface area contributed by atoms with Crippen LogP contribution in [0.15, 0.2) is 71.2 Å². The van der Waals surface area contributed by atoms with Crippen LogP contribution >= 0.6 is 15.9 Å². The van der Waals surface area contributed by atoms with Gasteiger partial charge >= 0.3 is 12.1 Å². The van der Waals surface area contributed by atoms with Gasteiger partial charge in [-0.05, 0) is 55.9 Å². The maximum atomic E-state index is 13.8. The number of carbonyl (C=O) groups is 2. The van der Waals surface area contributed by atoms with Crippen molar-refractivity contribution in [1.82, 2.24) is 5.32 Å². The molecule has 2 N–H and O–H groups in total. The molecule has 0 heterocycles. The van der Waals surface area contributed by atoms with Crippen LogP contribution < -0.4 is 5.32 Å². The Hall–Kier alpha value is -3.19. The van der Waals surface area contributed by atoms with E-state index in [2.05, 4.69) is 21.2 Å². The lowest BCUT2D eigenvalue weighted by atomic mass is 9.98.